The molecule has 1 aliphatic heterocycles. The number of carbonyl (C=O) groups is 1. The van der Waals surface area contributed by atoms with Crippen molar-refractivity contribution in [3.63, 3.8) is 0 Å². The maximum absolute atomic E-state index is 12.4. The van der Waals surface area contributed by atoms with Gasteiger partial charge in [-0.1, -0.05) is 48.5 Å². The first kappa shape index (κ1) is 17.3. The molecule has 0 bridgehead atoms. The normalized spacial score (nSPS) is 17.1. The second kappa shape index (κ2) is 8.55. The van der Waals surface area contributed by atoms with Crippen molar-refractivity contribution < 1.29 is 9.53 Å². The SMILES string of the molecule is CC(=O)/C(=N/Nc1ccccc1)C(c1ccccc1)N1CCOCC1. The molecule has 1 fully saturated rings. The van der Waals surface area contributed by atoms with E-state index in [2.05, 4.69) is 15.4 Å². The summed E-state index contributed by atoms with van der Waals surface area (Å²) in [7, 11) is 0. The number of Topliss-reactive ketones (excluding diaryl/α,β-unsaturated/α-hetero) is 1. The lowest BCUT2D eigenvalue weighted by atomic mass is 9.97. The lowest BCUT2D eigenvalue weighted by Crippen LogP contribution is -2.44. The van der Waals surface area contributed by atoms with Crippen molar-refractivity contribution in [3.05, 3.63) is 66.2 Å². The summed E-state index contributed by atoms with van der Waals surface area (Å²) in [6, 6.07) is 19.5. The molecule has 0 spiro atoms. The number of hydrogen-bond donors (Lipinski definition) is 1. The fourth-order valence-corrected chi connectivity index (χ4v) is 2.98. The van der Waals surface area contributed by atoms with Crippen LogP contribution in [0.5, 0.6) is 0 Å². The van der Waals surface area contributed by atoms with Crippen molar-refractivity contribution in [2.24, 2.45) is 5.10 Å². The van der Waals surface area contributed by atoms with Gasteiger partial charge in [0.15, 0.2) is 5.78 Å². The van der Waals surface area contributed by atoms with Gasteiger partial charge in [-0.15, -0.1) is 0 Å². The molecular formula is C20H23N3O2. The standard InChI is InChI=1S/C20H23N3O2/c1-16(24)19(22-21-18-10-6-3-7-11-18)20(17-8-4-2-5-9-17)23-12-14-25-15-13-23/h2-11,20-21H,12-15H2,1H3/b22-19-. The van der Waals surface area contributed by atoms with Gasteiger partial charge in [-0.25, -0.2) is 0 Å². The Morgan fingerprint density at radius 2 is 1.64 bits per heavy atom. The number of nitrogens with zero attached hydrogens (tertiary/aromatic N) is 2. The average molecular weight is 337 g/mol. The molecular weight excluding hydrogens is 314 g/mol. The molecule has 2 aromatic carbocycles. The molecule has 1 saturated heterocycles. The van der Waals surface area contributed by atoms with Crippen LogP contribution in [0.2, 0.25) is 0 Å². The molecule has 2 aromatic rings. The van der Waals surface area contributed by atoms with E-state index in [1.165, 1.54) is 0 Å². The van der Waals surface area contributed by atoms with Crippen LogP contribution in [-0.4, -0.2) is 42.7 Å². The van der Waals surface area contributed by atoms with Crippen molar-refractivity contribution in [2.45, 2.75) is 13.0 Å². The summed E-state index contributed by atoms with van der Waals surface area (Å²) in [6.45, 7) is 4.46. The molecule has 25 heavy (non-hydrogen) atoms. The number of ether oxygens (including phenoxy) is 1. The Hall–Kier alpha value is -2.50. The van der Waals surface area contributed by atoms with Crippen LogP contribution in [0.3, 0.4) is 0 Å². The van der Waals surface area contributed by atoms with E-state index in [1.54, 1.807) is 6.92 Å². The van der Waals surface area contributed by atoms with Crippen LogP contribution >= 0.6 is 0 Å². The van der Waals surface area contributed by atoms with Crippen LogP contribution in [0.15, 0.2) is 65.8 Å². The van der Waals surface area contributed by atoms with Crippen molar-refractivity contribution in [1.82, 2.24) is 4.90 Å². The lowest BCUT2D eigenvalue weighted by Gasteiger charge is -2.34. The number of hydrazone groups is 1. The Morgan fingerprint density at radius 3 is 2.24 bits per heavy atom. The Balaban J connectivity index is 1.93. The van der Waals surface area contributed by atoms with Crippen LogP contribution in [-0.2, 0) is 9.53 Å². The number of benzene rings is 2. The zero-order valence-corrected chi connectivity index (χ0v) is 14.4. The predicted molar refractivity (Wildman–Crippen MR) is 99.8 cm³/mol. The van der Waals surface area contributed by atoms with Crippen molar-refractivity contribution in [1.29, 1.82) is 0 Å². The van der Waals surface area contributed by atoms with Crippen LogP contribution in [0.25, 0.3) is 0 Å². The number of hydrogen-bond acceptors (Lipinski definition) is 5. The minimum atomic E-state index is -0.182. The minimum Gasteiger partial charge on any atom is -0.379 e. The molecule has 1 unspecified atom stereocenters. The zero-order chi connectivity index (χ0) is 17.5. The van der Waals surface area contributed by atoms with E-state index in [-0.39, 0.29) is 11.8 Å². The first-order chi connectivity index (χ1) is 12.3. The molecule has 1 N–H and O–H groups in total. The van der Waals surface area contributed by atoms with E-state index in [9.17, 15) is 4.79 Å². The lowest BCUT2D eigenvalue weighted by molar-refractivity contribution is -0.111. The second-order valence-electron chi connectivity index (χ2n) is 5.99. The highest BCUT2D eigenvalue weighted by atomic mass is 16.5. The molecule has 5 heteroatoms. The quantitative estimate of drug-likeness (QED) is 0.650. The Morgan fingerprint density at radius 1 is 1.04 bits per heavy atom. The van der Waals surface area contributed by atoms with Gasteiger partial charge in [-0.3, -0.25) is 15.1 Å². The molecule has 0 saturated carbocycles. The zero-order valence-electron chi connectivity index (χ0n) is 14.4. The van der Waals surface area contributed by atoms with Crippen LogP contribution in [0, 0.1) is 0 Å². The Kier molecular flexibility index (Phi) is 5.93. The molecule has 130 valence electrons. The maximum Gasteiger partial charge on any atom is 0.177 e. The van der Waals surface area contributed by atoms with Gasteiger partial charge < -0.3 is 4.74 Å². The summed E-state index contributed by atoms with van der Waals surface area (Å²) in [5, 5.41) is 4.48. The first-order valence-corrected chi connectivity index (χ1v) is 8.52. The Bertz CT molecular complexity index is 710. The Labute approximate surface area is 148 Å². The number of ketones is 1. The largest absolute Gasteiger partial charge is 0.379 e. The van der Waals surface area contributed by atoms with E-state index in [1.807, 2.05) is 60.7 Å². The smallest absolute Gasteiger partial charge is 0.177 e. The second-order valence-corrected chi connectivity index (χ2v) is 5.99. The van der Waals surface area contributed by atoms with Crippen molar-refractivity contribution in [3.8, 4) is 0 Å². The third kappa shape index (κ3) is 4.53. The van der Waals surface area contributed by atoms with Gasteiger partial charge >= 0.3 is 0 Å². The van der Waals surface area contributed by atoms with Gasteiger partial charge in [0, 0.05) is 20.0 Å². The highest BCUT2D eigenvalue weighted by Crippen LogP contribution is 2.24. The number of para-hydroxylation sites is 1. The van der Waals surface area contributed by atoms with Gasteiger partial charge in [0.1, 0.15) is 5.71 Å². The fourth-order valence-electron chi connectivity index (χ4n) is 2.98. The summed E-state index contributed by atoms with van der Waals surface area (Å²) in [4.78, 5) is 14.6. The van der Waals surface area contributed by atoms with Gasteiger partial charge in [0.2, 0.25) is 0 Å². The van der Waals surface area contributed by atoms with Crippen molar-refractivity contribution in [2.75, 3.05) is 31.7 Å². The minimum absolute atomic E-state index is 0.0382. The van der Waals surface area contributed by atoms with Gasteiger partial charge in [-0.2, -0.15) is 5.10 Å². The van der Waals surface area contributed by atoms with Crippen molar-refractivity contribution >= 4 is 17.2 Å². The van der Waals surface area contributed by atoms with E-state index in [0.717, 1.165) is 24.3 Å². The summed E-state index contributed by atoms with van der Waals surface area (Å²) in [5.41, 5.74) is 5.46. The van der Waals surface area contributed by atoms with E-state index >= 15 is 0 Å². The molecule has 0 aliphatic carbocycles. The summed E-state index contributed by atoms with van der Waals surface area (Å²) < 4.78 is 5.47. The highest BCUT2D eigenvalue weighted by Gasteiger charge is 2.29. The number of nitrogens with one attached hydrogen (secondary N) is 1. The van der Waals surface area contributed by atoms with Gasteiger partial charge in [0.25, 0.3) is 0 Å². The fraction of sp³-hybridized carbons (Fsp3) is 0.300. The van der Waals surface area contributed by atoms with E-state index in [4.69, 9.17) is 4.74 Å². The molecule has 0 aromatic heterocycles. The number of morpholine rings is 1. The molecule has 3 rings (SSSR count). The predicted octanol–water partition coefficient (Wildman–Crippen LogP) is 3.12. The third-order valence-electron chi connectivity index (χ3n) is 4.23. The van der Waals surface area contributed by atoms with Crippen LogP contribution in [0.4, 0.5) is 5.69 Å². The highest BCUT2D eigenvalue weighted by molar-refractivity contribution is 6.41. The molecule has 5 nitrogen and oxygen atoms in total. The van der Waals surface area contributed by atoms with Gasteiger partial charge in [0.05, 0.1) is 24.9 Å². The van der Waals surface area contributed by atoms with E-state index < -0.39 is 0 Å². The molecule has 1 atom stereocenters. The molecule has 0 amide bonds. The van der Waals surface area contributed by atoms with E-state index in [0.29, 0.717) is 18.9 Å². The number of carbonyl (C=O) groups excluding carboxylic acids is 1. The molecule has 1 aliphatic rings. The topological polar surface area (TPSA) is 53.9 Å². The molecule has 0 radical (unpaired) electrons. The first-order valence-electron chi connectivity index (χ1n) is 8.52. The summed E-state index contributed by atoms with van der Waals surface area (Å²) in [6.07, 6.45) is 0. The number of rotatable bonds is 6. The van der Waals surface area contributed by atoms with Gasteiger partial charge in [-0.05, 0) is 17.7 Å². The average Bonchev–Trinajstić information content (AvgIpc) is 2.67. The van der Waals surface area contributed by atoms with Crippen LogP contribution in [0.1, 0.15) is 18.5 Å². The third-order valence-corrected chi connectivity index (χ3v) is 4.23. The van der Waals surface area contributed by atoms with Crippen LogP contribution < -0.4 is 5.43 Å². The number of anilines is 1. The summed E-state index contributed by atoms with van der Waals surface area (Å²) >= 11 is 0. The monoisotopic (exact) mass is 337 g/mol. The maximum atomic E-state index is 12.4. The molecule has 1 heterocycles. The summed E-state index contributed by atoms with van der Waals surface area (Å²) in [5.74, 6) is -0.0382.